The molecule has 1 rings (SSSR count). The molecule has 0 aliphatic carbocycles. The molecule has 6 heteroatoms. The Kier molecular flexibility index (Phi) is 7.72. The molecular formula is C17H28N2O3S. The summed E-state index contributed by atoms with van der Waals surface area (Å²) in [6.07, 6.45) is 2.13. The van der Waals surface area contributed by atoms with Crippen molar-refractivity contribution in [2.24, 2.45) is 0 Å². The molecule has 0 saturated heterocycles. The molecule has 0 aliphatic heterocycles. The number of benzene rings is 1. The number of hydrogen-bond acceptors (Lipinski definition) is 3. The average molecular weight is 340 g/mol. The molecular weight excluding hydrogens is 312 g/mol. The highest BCUT2D eigenvalue weighted by Crippen LogP contribution is 2.12. The van der Waals surface area contributed by atoms with Gasteiger partial charge in [-0.3, -0.25) is 4.79 Å². The number of nitrogens with zero attached hydrogens (tertiary/aromatic N) is 2. The zero-order chi connectivity index (χ0) is 17.5. The van der Waals surface area contributed by atoms with E-state index < -0.39 is 10.0 Å². The number of hydrogen-bond donors (Lipinski definition) is 0. The van der Waals surface area contributed by atoms with Crippen LogP contribution in [0, 0.1) is 0 Å². The van der Waals surface area contributed by atoms with Gasteiger partial charge in [0.1, 0.15) is 0 Å². The topological polar surface area (TPSA) is 57.7 Å². The van der Waals surface area contributed by atoms with Crippen LogP contribution in [-0.2, 0) is 21.4 Å². The van der Waals surface area contributed by atoms with Crippen molar-refractivity contribution in [1.29, 1.82) is 0 Å². The second kappa shape index (κ2) is 9.03. The number of carbonyl (C=O) groups is 1. The Morgan fingerprint density at radius 1 is 1.17 bits per heavy atom. The largest absolute Gasteiger partial charge is 0.339 e. The van der Waals surface area contributed by atoms with Crippen molar-refractivity contribution in [2.75, 3.05) is 19.3 Å². The fourth-order valence-corrected chi connectivity index (χ4v) is 3.69. The lowest BCUT2D eigenvalue weighted by Crippen LogP contribution is -2.41. The van der Waals surface area contributed by atoms with Gasteiger partial charge in [-0.1, -0.05) is 37.3 Å². The maximum atomic E-state index is 12.4. The summed E-state index contributed by atoms with van der Waals surface area (Å²) >= 11 is 0. The lowest BCUT2D eigenvalue weighted by Gasteiger charge is -2.27. The first-order chi connectivity index (χ1) is 10.8. The molecule has 23 heavy (non-hydrogen) atoms. The Hall–Kier alpha value is -1.40. The summed E-state index contributed by atoms with van der Waals surface area (Å²) in [5.41, 5.74) is 1.07. The molecule has 130 valence electrons. The highest BCUT2D eigenvalue weighted by Gasteiger charge is 2.23. The van der Waals surface area contributed by atoms with Crippen LogP contribution in [0.4, 0.5) is 0 Å². The second-order valence-electron chi connectivity index (χ2n) is 5.77. The maximum absolute atomic E-state index is 12.4. The van der Waals surface area contributed by atoms with Gasteiger partial charge >= 0.3 is 0 Å². The molecule has 0 aliphatic rings. The first-order valence-electron chi connectivity index (χ1n) is 8.08. The van der Waals surface area contributed by atoms with Crippen LogP contribution in [0.5, 0.6) is 0 Å². The van der Waals surface area contributed by atoms with Crippen LogP contribution >= 0.6 is 0 Å². The van der Waals surface area contributed by atoms with Crippen molar-refractivity contribution in [2.45, 2.75) is 46.2 Å². The van der Waals surface area contributed by atoms with Gasteiger partial charge in [-0.2, -0.15) is 4.31 Å². The normalized spacial score (nSPS) is 13.1. The molecule has 1 unspecified atom stereocenters. The van der Waals surface area contributed by atoms with Crippen molar-refractivity contribution in [1.82, 2.24) is 9.21 Å². The summed E-state index contributed by atoms with van der Waals surface area (Å²) in [6.45, 7) is 7.14. The van der Waals surface area contributed by atoms with E-state index in [-0.39, 0.29) is 24.9 Å². The van der Waals surface area contributed by atoms with Crippen LogP contribution in [0.1, 0.15) is 39.2 Å². The summed E-state index contributed by atoms with van der Waals surface area (Å²) in [4.78, 5) is 14.2. The third-order valence-electron chi connectivity index (χ3n) is 4.01. The van der Waals surface area contributed by atoms with Crippen LogP contribution in [0.2, 0.25) is 0 Å². The van der Waals surface area contributed by atoms with Crippen LogP contribution in [-0.4, -0.2) is 48.9 Å². The lowest BCUT2D eigenvalue weighted by molar-refractivity contribution is -0.131. The molecule has 0 radical (unpaired) electrons. The van der Waals surface area contributed by atoms with E-state index in [0.29, 0.717) is 13.1 Å². The molecule has 0 bridgehead atoms. The minimum Gasteiger partial charge on any atom is -0.339 e. The molecule has 0 fully saturated rings. The fourth-order valence-electron chi connectivity index (χ4n) is 2.46. The van der Waals surface area contributed by atoms with E-state index >= 15 is 0 Å². The molecule has 1 atom stereocenters. The Morgan fingerprint density at radius 3 is 2.26 bits per heavy atom. The van der Waals surface area contributed by atoms with Crippen molar-refractivity contribution in [3.05, 3.63) is 35.9 Å². The van der Waals surface area contributed by atoms with Gasteiger partial charge in [0.05, 0.1) is 6.26 Å². The minimum absolute atomic E-state index is 0.0201. The molecule has 0 heterocycles. The van der Waals surface area contributed by atoms with E-state index in [2.05, 4.69) is 0 Å². The summed E-state index contributed by atoms with van der Waals surface area (Å²) in [7, 11) is -3.30. The fraction of sp³-hybridized carbons (Fsp3) is 0.588. The van der Waals surface area contributed by atoms with Gasteiger partial charge in [0.2, 0.25) is 15.9 Å². The van der Waals surface area contributed by atoms with Crippen LogP contribution < -0.4 is 0 Å². The van der Waals surface area contributed by atoms with Gasteiger partial charge in [0.15, 0.2) is 0 Å². The smallest absolute Gasteiger partial charge is 0.224 e. The van der Waals surface area contributed by atoms with Crippen molar-refractivity contribution >= 4 is 15.9 Å². The highest BCUT2D eigenvalue weighted by molar-refractivity contribution is 7.88. The van der Waals surface area contributed by atoms with Gasteiger partial charge in [-0.05, 0) is 25.8 Å². The van der Waals surface area contributed by atoms with E-state index in [9.17, 15) is 13.2 Å². The Labute approximate surface area is 140 Å². The van der Waals surface area contributed by atoms with E-state index in [1.165, 1.54) is 10.6 Å². The van der Waals surface area contributed by atoms with E-state index in [0.717, 1.165) is 12.0 Å². The Bertz CT molecular complexity index is 587. The first kappa shape index (κ1) is 19.6. The third-order valence-corrected chi connectivity index (χ3v) is 5.40. The molecule has 5 nitrogen and oxygen atoms in total. The first-order valence-corrected chi connectivity index (χ1v) is 9.92. The molecule has 0 N–H and O–H groups in total. The SMILES string of the molecule is CCC(C)N(CCC(=O)N(CC)Cc1ccccc1)S(C)(=O)=O. The zero-order valence-corrected chi connectivity index (χ0v) is 15.3. The number of amides is 1. The van der Waals surface area contributed by atoms with E-state index in [1.807, 2.05) is 51.1 Å². The van der Waals surface area contributed by atoms with Crippen LogP contribution in [0.25, 0.3) is 0 Å². The van der Waals surface area contributed by atoms with Crippen molar-refractivity contribution in [3.8, 4) is 0 Å². The Morgan fingerprint density at radius 2 is 1.78 bits per heavy atom. The number of rotatable bonds is 9. The van der Waals surface area contributed by atoms with Crippen LogP contribution in [0.15, 0.2) is 30.3 Å². The number of carbonyl (C=O) groups excluding carboxylic acids is 1. The van der Waals surface area contributed by atoms with Gasteiger partial charge in [-0.15, -0.1) is 0 Å². The summed E-state index contributed by atoms with van der Waals surface area (Å²) in [6, 6.07) is 9.71. The molecule has 0 aromatic heterocycles. The number of sulfonamides is 1. The van der Waals surface area contributed by atoms with Gasteiger partial charge in [0.25, 0.3) is 0 Å². The second-order valence-corrected chi connectivity index (χ2v) is 7.71. The molecule has 1 amide bonds. The minimum atomic E-state index is -3.30. The quantitative estimate of drug-likeness (QED) is 0.694. The van der Waals surface area contributed by atoms with Gasteiger partial charge < -0.3 is 4.90 Å². The van der Waals surface area contributed by atoms with Crippen molar-refractivity contribution in [3.63, 3.8) is 0 Å². The Balaban J connectivity index is 2.68. The average Bonchev–Trinajstić information content (AvgIpc) is 2.51. The van der Waals surface area contributed by atoms with E-state index in [1.54, 1.807) is 4.90 Å². The zero-order valence-electron chi connectivity index (χ0n) is 14.5. The lowest BCUT2D eigenvalue weighted by atomic mass is 10.2. The van der Waals surface area contributed by atoms with Gasteiger partial charge in [-0.25, -0.2) is 8.42 Å². The molecule has 0 spiro atoms. The standard InChI is InChI=1S/C17H28N2O3S/c1-5-15(3)19(23(4,21)22)13-12-17(20)18(6-2)14-16-10-8-7-9-11-16/h7-11,15H,5-6,12-14H2,1-4H3. The summed E-state index contributed by atoms with van der Waals surface area (Å²) < 4.78 is 25.2. The predicted octanol–water partition coefficient (Wildman–Crippen LogP) is 2.49. The van der Waals surface area contributed by atoms with E-state index in [4.69, 9.17) is 0 Å². The molecule has 0 saturated carbocycles. The van der Waals surface area contributed by atoms with Crippen molar-refractivity contribution < 1.29 is 13.2 Å². The highest BCUT2D eigenvalue weighted by atomic mass is 32.2. The summed E-state index contributed by atoms with van der Waals surface area (Å²) in [5.74, 6) is -0.0201. The monoisotopic (exact) mass is 340 g/mol. The van der Waals surface area contributed by atoms with Gasteiger partial charge in [0, 0.05) is 32.1 Å². The third kappa shape index (κ3) is 6.31. The summed E-state index contributed by atoms with van der Waals surface area (Å²) in [5, 5.41) is 0. The molecule has 1 aromatic carbocycles. The molecule has 1 aromatic rings. The van der Waals surface area contributed by atoms with Crippen LogP contribution in [0.3, 0.4) is 0 Å². The predicted molar refractivity (Wildman–Crippen MR) is 93.5 cm³/mol. The maximum Gasteiger partial charge on any atom is 0.224 e.